The molecule has 1 aliphatic heterocycles. The first-order valence-corrected chi connectivity index (χ1v) is 9.13. The zero-order chi connectivity index (χ0) is 13.2. The summed E-state index contributed by atoms with van der Waals surface area (Å²) in [5.41, 5.74) is 1.11. The topological polar surface area (TPSA) is 49.3 Å². The van der Waals surface area contributed by atoms with Gasteiger partial charge in [0.25, 0.3) is 0 Å². The van der Waals surface area contributed by atoms with E-state index in [1.165, 1.54) is 0 Å². The average molecular weight is 267 g/mol. The minimum Gasteiger partial charge on any atom is -0.391 e. The minimum absolute atomic E-state index is 0.230. The summed E-state index contributed by atoms with van der Waals surface area (Å²) < 4.78 is 11.9. The van der Waals surface area contributed by atoms with Crippen LogP contribution in [0.1, 0.15) is 18.4 Å². The summed E-state index contributed by atoms with van der Waals surface area (Å²) in [6.45, 7) is 4.56. The molecule has 0 amide bonds. The molecule has 0 aliphatic carbocycles. The molecule has 3 nitrogen and oxygen atoms in total. The van der Waals surface area contributed by atoms with Gasteiger partial charge in [0.05, 0.1) is 6.10 Å². The van der Waals surface area contributed by atoms with Gasteiger partial charge in [0.15, 0.2) is 0 Å². The molecule has 2 N–H and O–H groups in total. The van der Waals surface area contributed by atoms with Crippen molar-refractivity contribution in [2.45, 2.75) is 31.4 Å². The van der Waals surface area contributed by atoms with E-state index in [2.05, 4.69) is 5.32 Å². The van der Waals surface area contributed by atoms with E-state index >= 15 is 0 Å². The molecule has 1 saturated heterocycles. The van der Waals surface area contributed by atoms with Crippen LogP contribution >= 0.6 is 7.14 Å². The molecular formula is C14H22NO2P. The zero-order valence-corrected chi connectivity index (χ0v) is 12.0. The monoisotopic (exact) mass is 267 g/mol. The molecule has 0 spiro atoms. The van der Waals surface area contributed by atoms with Crippen molar-refractivity contribution in [3.8, 4) is 0 Å². The van der Waals surface area contributed by atoms with Crippen LogP contribution in [-0.2, 0) is 11.0 Å². The van der Waals surface area contributed by atoms with Crippen molar-refractivity contribution in [1.82, 2.24) is 5.32 Å². The third kappa shape index (κ3) is 3.44. The lowest BCUT2D eigenvalue weighted by molar-refractivity contribution is 0.136. The van der Waals surface area contributed by atoms with Crippen LogP contribution in [-0.4, -0.2) is 37.1 Å². The van der Waals surface area contributed by atoms with Crippen LogP contribution in [0.25, 0.3) is 0 Å². The summed E-state index contributed by atoms with van der Waals surface area (Å²) in [5, 5.41) is 14.3. The highest BCUT2D eigenvalue weighted by molar-refractivity contribution is 7.70. The highest BCUT2D eigenvalue weighted by Gasteiger charge is 2.22. The number of rotatable bonds is 4. The molecule has 0 radical (unpaired) electrons. The predicted molar refractivity (Wildman–Crippen MR) is 76.3 cm³/mol. The van der Waals surface area contributed by atoms with Crippen LogP contribution in [0.15, 0.2) is 24.3 Å². The molecule has 1 aromatic carbocycles. The number of benzene rings is 1. The van der Waals surface area contributed by atoms with E-state index in [0.29, 0.717) is 6.42 Å². The van der Waals surface area contributed by atoms with Gasteiger partial charge in [0, 0.05) is 11.3 Å². The Morgan fingerprint density at radius 2 is 2.06 bits per heavy atom. The Balaban J connectivity index is 1.99. The molecule has 1 aromatic rings. The second kappa shape index (κ2) is 5.56. The Hall–Kier alpha value is -0.630. The van der Waals surface area contributed by atoms with E-state index in [0.717, 1.165) is 30.3 Å². The van der Waals surface area contributed by atoms with Gasteiger partial charge in [-0.1, -0.05) is 24.3 Å². The van der Waals surface area contributed by atoms with Gasteiger partial charge in [0.2, 0.25) is 0 Å². The van der Waals surface area contributed by atoms with Gasteiger partial charge in [-0.05, 0) is 44.7 Å². The Labute approximate surface area is 109 Å². The summed E-state index contributed by atoms with van der Waals surface area (Å²) in [4.78, 5) is 0. The molecule has 4 heteroatoms. The smallest absolute Gasteiger partial charge is 0.109 e. The van der Waals surface area contributed by atoms with Crippen molar-refractivity contribution in [3.63, 3.8) is 0 Å². The molecule has 1 heterocycles. The van der Waals surface area contributed by atoms with Crippen molar-refractivity contribution < 1.29 is 9.67 Å². The van der Waals surface area contributed by atoms with Crippen LogP contribution in [0.3, 0.4) is 0 Å². The lowest BCUT2D eigenvalue weighted by atomic mass is 10.0. The van der Waals surface area contributed by atoms with E-state index in [1.807, 2.05) is 24.3 Å². The lowest BCUT2D eigenvalue weighted by Gasteiger charge is -2.18. The van der Waals surface area contributed by atoms with Gasteiger partial charge in [0.1, 0.15) is 7.14 Å². The molecule has 100 valence electrons. The Morgan fingerprint density at radius 3 is 2.56 bits per heavy atom. The highest BCUT2D eigenvalue weighted by atomic mass is 31.2. The first-order chi connectivity index (χ1) is 8.47. The molecule has 0 saturated carbocycles. The third-order valence-electron chi connectivity index (χ3n) is 3.57. The molecular weight excluding hydrogens is 245 g/mol. The normalized spacial score (nSPS) is 22.1. The van der Waals surface area contributed by atoms with E-state index < -0.39 is 7.14 Å². The molecule has 0 aromatic heterocycles. The number of aliphatic hydroxyl groups is 1. The van der Waals surface area contributed by atoms with Gasteiger partial charge in [-0.25, -0.2) is 0 Å². The number of hydrogen-bond donors (Lipinski definition) is 2. The van der Waals surface area contributed by atoms with Crippen LogP contribution < -0.4 is 10.6 Å². The quantitative estimate of drug-likeness (QED) is 0.815. The van der Waals surface area contributed by atoms with Gasteiger partial charge < -0.3 is 15.0 Å². The van der Waals surface area contributed by atoms with Gasteiger partial charge in [-0.2, -0.15) is 0 Å². The Morgan fingerprint density at radius 1 is 1.39 bits per heavy atom. The van der Waals surface area contributed by atoms with Crippen LogP contribution in [0.4, 0.5) is 0 Å². The first kappa shape index (κ1) is 13.8. The predicted octanol–water partition coefficient (Wildman–Crippen LogP) is 1.59. The molecule has 18 heavy (non-hydrogen) atoms. The zero-order valence-electron chi connectivity index (χ0n) is 11.1. The van der Waals surface area contributed by atoms with Crippen LogP contribution in [0, 0.1) is 0 Å². The van der Waals surface area contributed by atoms with Crippen LogP contribution in [0.5, 0.6) is 0 Å². The summed E-state index contributed by atoms with van der Waals surface area (Å²) in [6.07, 6.45) is 2.54. The Kier molecular flexibility index (Phi) is 4.26. The van der Waals surface area contributed by atoms with Crippen molar-refractivity contribution in [1.29, 1.82) is 0 Å². The van der Waals surface area contributed by atoms with E-state index in [1.54, 1.807) is 13.3 Å². The van der Waals surface area contributed by atoms with Crippen molar-refractivity contribution in [2.75, 3.05) is 19.9 Å². The SMILES string of the molecule is CP(C)(=O)c1ccc(C[C@@H](O)[C@@H]2CCCN2)cc1. The molecule has 0 unspecified atom stereocenters. The summed E-state index contributed by atoms with van der Waals surface area (Å²) in [6, 6.07) is 8.03. The second-order valence-corrected chi connectivity index (χ2v) is 8.71. The maximum absolute atomic E-state index is 11.9. The fourth-order valence-electron chi connectivity index (χ4n) is 2.41. The van der Waals surface area contributed by atoms with E-state index in [4.69, 9.17) is 0 Å². The van der Waals surface area contributed by atoms with Crippen molar-refractivity contribution >= 4 is 12.4 Å². The summed E-state index contributed by atoms with van der Waals surface area (Å²) in [5.74, 6) is 0. The Bertz CT molecular complexity index is 432. The number of aliphatic hydroxyl groups excluding tert-OH is 1. The van der Waals surface area contributed by atoms with Gasteiger partial charge >= 0.3 is 0 Å². The fraction of sp³-hybridized carbons (Fsp3) is 0.571. The molecule has 2 rings (SSSR count). The molecule has 1 aliphatic rings. The molecule has 2 atom stereocenters. The summed E-state index contributed by atoms with van der Waals surface area (Å²) >= 11 is 0. The maximum Gasteiger partial charge on any atom is 0.109 e. The van der Waals surface area contributed by atoms with E-state index in [9.17, 15) is 9.67 Å². The second-order valence-electron chi connectivity index (χ2n) is 5.49. The van der Waals surface area contributed by atoms with Crippen LogP contribution in [0.2, 0.25) is 0 Å². The van der Waals surface area contributed by atoms with Gasteiger partial charge in [-0.3, -0.25) is 0 Å². The number of nitrogens with one attached hydrogen (secondary N) is 1. The number of hydrogen-bond acceptors (Lipinski definition) is 3. The summed E-state index contributed by atoms with van der Waals surface area (Å²) in [7, 11) is -2.17. The maximum atomic E-state index is 11.9. The van der Waals surface area contributed by atoms with Gasteiger partial charge in [-0.15, -0.1) is 0 Å². The van der Waals surface area contributed by atoms with Crippen molar-refractivity contribution in [3.05, 3.63) is 29.8 Å². The lowest BCUT2D eigenvalue weighted by Crippen LogP contribution is -2.36. The minimum atomic E-state index is -2.17. The largest absolute Gasteiger partial charge is 0.391 e. The highest BCUT2D eigenvalue weighted by Crippen LogP contribution is 2.34. The average Bonchev–Trinajstić information content (AvgIpc) is 2.82. The molecule has 1 fully saturated rings. The standard InChI is InChI=1S/C14H22NO2P/c1-18(2,17)12-7-5-11(6-8-12)10-14(16)13-4-3-9-15-13/h5-8,13-16H,3-4,9-10H2,1-2H3/t13-,14+/m0/s1. The first-order valence-electron chi connectivity index (χ1n) is 6.53. The fourth-order valence-corrected chi connectivity index (χ4v) is 3.28. The van der Waals surface area contributed by atoms with E-state index in [-0.39, 0.29) is 12.1 Å². The molecule has 0 bridgehead atoms. The van der Waals surface area contributed by atoms with Crippen molar-refractivity contribution in [2.24, 2.45) is 0 Å². The third-order valence-corrected chi connectivity index (χ3v) is 5.11.